The molecule has 0 spiro atoms. The number of aromatic nitrogens is 1. The van der Waals surface area contributed by atoms with E-state index in [0.29, 0.717) is 11.4 Å². The molecule has 0 aliphatic rings. The molecule has 0 saturated heterocycles. The molecule has 1 heterocycles. The molecular formula is C15H16FN3O2. The van der Waals surface area contributed by atoms with Crippen molar-refractivity contribution >= 4 is 17.4 Å². The third-order valence-corrected chi connectivity index (χ3v) is 2.64. The van der Waals surface area contributed by atoms with Gasteiger partial charge in [0.25, 0.3) is 5.91 Å². The molecule has 0 saturated carbocycles. The largest absolute Gasteiger partial charge is 0.491 e. The lowest BCUT2D eigenvalue weighted by Gasteiger charge is -2.11. The number of benzene rings is 1. The monoisotopic (exact) mass is 289 g/mol. The predicted octanol–water partition coefficient (Wildman–Crippen LogP) is 2.84. The Bertz CT molecular complexity index is 642. The van der Waals surface area contributed by atoms with E-state index < -0.39 is 11.7 Å². The molecule has 0 unspecified atom stereocenters. The van der Waals surface area contributed by atoms with Crippen molar-refractivity contribution in [1.29, 1.82) is 0 Å². The number of carbonyl (C=O) groups is 1. The molecule has 1 amide bonds. The summed E-state index contributed by atoms with van der Waals surface area (Å²) in [6.07, 6.45) is 1.35. The third kappa shape index (κ3) is 3.68. The van der Waals surface area contributed by atoms with Crippen LogP contribution in [0.25, 0.3) is 0 Å². The van der Waals surface area contributed by atoms with Gasteiger partial charge in [-0.2, -0.15) is 0 Å². The van der Waals surface area contributed by atoms with Crippen LogP contribution in [0.5, 0.6) is 5.75 Å². The Morgan fingerprint density at radius 2 is 1.95 bits per heavy atom. The van der Waals surface area contributed by atoms with Gasteiger partial charge in [-0.05, 0) is 44.2 Å². The quantitative estimate of drug-likeness (QED) is 0.907. The van der Waals surface area contributed by atoms with Crippen molar-refractivity contribution in [2.45, 2.75) is 20.0 Å². The molecular weight excluding hydrogens is 273 g/mol. The fourth-order valence-electron chi connectivity index (χ4n) is 1.72. The Hall–Kier alpha value is -2.63. The van der Waals surface area contributed by atoms with Crippen molar-refractivity contribution in [3.63, 3.8) is 0 Å². The Morgan fingerprint density at radius 3 is 2.57 bits per heavy atom. The zero-order valence-corrected chi connectivity index (χ0v) is 11.8. The molecule has 110 valence electrons. The molecule has 21 heavy (non-hydrogen) atoms. The van der Waals surface area contributed by atoms with Gasteiger partial charge in [-0.1, -0.05) is 0 Å². The van der Waals surface area contributed by atoms with E-state index in [1.165, 1.54) is 12.3 Å². The topological polar surface area (TPSA) is 77.2 Å². The van der Waals surface area contributed by atoms with Gasteiger partial charge in [-0.3, -0.25) is 4.79 Å². The van der Waals surface area contributed by atoms with Crippen molar-refractivity contribution < 1.29 is 13.9 Å². The Kier molecular flexibility index (Phi) is 4.37. The highest BCUT2D eigenvalue weighted by atomic mass is 19.1. The molecule has 1 aromatic carbocycles. The first-order valence-electron chi connectivity index (χ1n) is 6.45. The number of nitrogen functional groups attached to an aromatic ring is 1. The maximum Gasteiger partial charge on any atom is 0.258 e. The second-order valence-corrected chi connectivity index (χ2v) is 4.70. The lowest BCUT2D eigenvalue weighted by Crippen LogP contribution is -2.15. The summed E-state index contributed by atoms with van der Waals surface area (Å²) < 4.78 is 19.2. The summed E-state index contributed by atoms with van der Waals surface area (Å²) in [4.78, 5) is 15.6. The minimum atomic E-state index is -0.824. The second kappa shape index (κ2) is 6.21. The first-order valence-corrected chi connectivity index (χ1v) is 6.45. The highest BCUT2D eigenvalue weighted by molar-refractivity contribution is 6.04. The van der Waals surface area contributed by atoms with Gasteiger partial charge in [0.2, 0.25) is 0 Å². The van der Waals surface area contributed by atoms with Crippen molar-refractivity contribution in [2.24, 2.45) is 0 Å². The molecule has 0 aliphatic heterocycles. The highest BCUT2D eigenvalue weighted by Gasteiger charge is 2.14. The van der Waals surface area contributed by atoms with Crippen molar-refractivity contribution in [3.8, 4) is 5.75 Å². The zero-order chi connectivity index (χ0) is 15.4. The second-order valence-electron chi connectivity index (χ2n) is 4.70. The molecule has 6 heteroatoms. The molecule has 0 radical (unpaired) electrons. The fraction of sp³-hybridized carbons (Fsp3) is 0.200. The summed E-state index contributed by atoms with van der Waals surface area (Å²) in [5, 5.41) is 2.59. The summed E-state index contributed by atoms with van der Waals surface area (Å²) in [5.41, 5.74) is 5.72. The first-order chi connectivity index (χ1) is 9.97. The number of pyridine rings is 1. The molecule has 1 aromatic heterocycles. The molecule has 0 bridgehead atoms. The smallest absolute Gasteiger partial charge is 0.258 e. The van der Waals surface area contributed by atoms with Crippen LogP contribution in [0.15, 0.2) is 36.5 Å². The number of hydrogen-bond acceptors (Lipinski definition) is 4. The Balaban J connectivity index is 2.11. The van der Waals surface area contributed by atoms with Gasteiger partial charge in [-0.15, -0.1) is 0 Å². The summed E-state index contributed by atoms with van der Waals surface area (Å²) in [6, 6.07) is 8.09. The van der Waals surface area contributed by atoms with Crippen LogP contribution >= 0.6 is 0 Å². The normalized spacial score (nSPS) is 10.5. The van der Waals surface area contributed by atoms with Crippen LogP contribution in [0.2, 0.25) is 0 Å². The number of hydrogen-bond donors (Lipinski definition) is 2. The van der Waals surface area contributed by atoms with Crippen LogP contribution in [0.4, 0.5) is 15.9 Å². The number of anilines is 2. The molecule has 0 fully saturated rings. The molecule has 0 aliphatic carbocycles. The Labute approximate surface area is 121 Å². The lowest BCUT2D eigenvalue weighted by molar-refractivity contribution is 0.102. The third-order valence-electron chi connectivity index (χ3n) is 2.64. The maximum absolute atomic E-state index is 13.7. The van der Waals surface area contributed by atoms with Gasteiger partial charge in [0, 0.05) is 11.9 Å². The van der Waals surface area contributed by atoms with Gasteiger partial charge in [0.15, 0.2) is 11.6 Å². The molecule has 0 atom stereocenters. The van der Waals surface area contributed by atoms with Gasteiger partial charge in [-0.25, -0.2) is 9.37 Å². The van der Waals surface area contributed by atoms with Crippen LogP contribution in [0, 0.1) is 5.82 Å². The van der Waals surface area contributed by atoms with Crippen LogP contribution < -0.4 is 15.8 Å². The van der Waals surface area contributed by atoms with E-state index in [1.54, 1.807) is 24.3 Å². The van der Waals surface area contributed by atoms with Gasteiger partial charge < -0.3 is 15.8 Å². The van der Waals surface area contributed by atoms with E-state index in [1.807, 2.05) is 13.8 Å². The van der Waals surface area contributed by atoms with E-state index in [9.17, 15) is 9.18 Å². The summed E-state index contributed by atoms with van der Waals surface area (Å²) in [6.45, 7) is 3.85. The van der Waals surface area contributed by atoms with Gasteiger partial charge in [0.05, 0.1) is 11.7 Å². The molecule has 2 aromatic rings. The zero-order valence-electron chi connectivity index (χ0n) is 11.8. The number of amides is 1. The molecule has 3 N–H and O–H groups in total. The fourth-order valence-corrected chi connectivity index (χ4v) is 1.72. The summed E-state index contributed by atoms with van der Waals surface area (Å²) in [5.74, 6) is -1.01. The number of nitrogens with zero attached hydrogens (tertiary/aromatic N) is 1. The predicted molar refractivity (Wildman–Crippen MR) is 78.8 cm³/mol. The number of halogens is 1. The summed E-state index contributed by atoms with van der Waals surface area (Å²) in [7, 11) is 0. The van der Waals surface area contributed by atoms with Gasteiger partial charge in [0.1, 0.15) is 5.75 Å². The average Bonchev–Trinajstić information content (AvgIpc) is 2.43. The van der Waals surface area contributed by atoms with E-state index in [2.05, 4.69) is 10.3 Å². The molecule has 5 nitrogen and oxygen atoms in total. The van der Waals surface area contributed by atoms with Crippen molar-refractivity contribution in [2.75, 3.05) is 11.1 Å². The minimum absolute atomic E-state index is 0.0688. The Morgan fingerprint density at radius 1 is 1.29 bits per heavy atom. The van der Waals surface area contributed by atoms with E-state index >= 15 is 0 Å². The van der Waals surface area contributed by atoms with E-state index in [0.717, 1.165) is 0 Å². The first kappa shape index (κ1) is 14.8. The van der Waals surface area contributed by atoms with Crippen LogP contribution in [0.3, 0.4) is 0 Å². The highest BCUT2D eigenvalue weighted by Crippen LogP contribution is 2.19. The number of carbonyl (C=O) groups excluding carboxylic acids is 1. The van der Waals surface area contributed by atoms with Gasteiger partial charge >= 0.3 is 0 Å². The lowest BCUT2D eigenvalue weighted by atomic mass is 10.2. The minimum Gasteiger partial charge on any atom is -0.491 e. The molecule has 2 rings (SSSR count). The van der Waals surface area contributed by atoms with Crippen molar-refractivity contribution in [3.05, 3.63) is 47.9 Å². The van der Waals surface area contributed by atoms with Crippen molar-refractivity contribution in [1.82, 2.24) is 4.98 Å². The maximum atomic E-state index is 13.7. The number of ether oxygens (including phenoxy) is 1. The van der Waals surface area contributed by atoms with E-state index in [-0.39, 0.29) is 17.5 Å². The number of rotatable bonds is 4. The average molecular weight is 289 g/mol. The van der Waals surface area contributed by atoms with Crippen LogP contribution in [-0.2, 0) is 0 Å². The van der Waals surface area contributed by atoms with Crippen LogP contribution in [0.1, 0.15) is 24.2 Å². The van der Waals surface area contributed by atoms with E-state index in [4.69, 9.17) is 10.5 Å². The SMILES string of the molecule is CC(C)Oc1ccc(NC(=O)c2ccnc(N)c2F)cc1. The van der Waals surface area contributed by atoms with Crippen LogP contribution in [-0.4, -0.2) is 17.0 Å². The summed E-state index contributed by atoms with van der Waals surface area (Å²) >= 11 is 0. The number of nitrogens with one attached hydrogen (secondary N) is 1. The number of nitrogens with two attached hydrogens (primary N) is 1. The standard InChI is InChI=1S/C15H16FN3O2/c1-9(2)21-11-5-3-10(4-6-11)19-15(20)12-7-8-18-14(17)13(12)16/h3-9H,1-2H3,(H2,17,18)(H,19,20).